The summed E-state index contributed by atoms with van der Waals surface area (Å²) in [7, 11) is 0. The van der Waals surface area contributed by atoms with Gasteiger partial charge in [0.2, 0.25) is 0 Å². The molecule has 0 bridgehead atoms. The molecule has 1 aromatic rings. The van der Waals surface area contributed by atoms with Crippen molar-refractivity contribution < 1.29 is 14.0 Å². The molecule has 1 aromatic carbocycles. The molecule has 86 valence electrons. The van der Waals surface area contributed by atoms with Gasteiger partial charge in [-0.2, -0.15) is 5.48 Å². The van der Waals surface area contributed by atoms with Gasteiger partial charge in [0.1, 0.15) is 11.4 Å². The van der Waals surface area contributed by atoms with Gasteiger partial charge in [-0.05, 0) is 13.0 Å². The van der Waals surface area contributed by atoms with Crippen molar-refractivity contribution in [2.75, 3.05) is 13.2 Å². The lowest BCUT2D eigenvalue weighted by Gasteiger charge is -2.31. The van der Waals surface area contributed by atoms with Crippen molar-refractivity contribution >= 4 is 0 Å². The molecular formula is C12H14FNO2. The monoisotopic (exact) mass is 223 g/mol. The van der Waals surface area contributed by atoms with E-state index in [4.69, 9.17) is 9.57 Å². The number of fused-ring (bicyclic) bond motifs is 1. The molecule has 0 aromatic heterocycles. The van der Waals surface area contributed by atoms with Gasteiger partial charge in [-0.25, -0.2) is 4.39 Å². The zero-order chi connectivity index (χ0) is 11.2. The summed E-state index contributed by atoms with van der Waals surface area (Å²) in [5, 5.41) is 0. The van der Waals surface area contributed by atoms with Crippen LogP contribution in [0.15, 0.2) is 24.3 Å². The van der Waals surface area contributed by atoms with Crippen LogP contribution in [0.5, 0.6) is 0 Å². The molecule has 2 saturated heterocycles. The average molecular weight is 223 g/mol. The van der Waals surface area contributed by atoms with E-state index >= 15 is 0 Å². The van der Waals surface area contributed by atoms with Gasteiger partial charge in [0.15, 0.2) is 0 Å². The highest BCUT2D eigenvalue weighted by Crippen LogP contribution is 2.44. The van der Waals surface area contributed by atoms with Crippen molar-refractivity contribution in [2.45, 2.75) is 18.6 Å². The second-order valence-electron chi connectivity index (χ2n) is 4.43. The van der Waals surface area contributed by atoms with E-state index in [-0.39, 0.29) is 17.8 Å². The van der Waals surface area contributed by atoms with Crippen molar-refractivity contribution in [3.8, 4) is 0 Å². The molecule has 3 atom stereocenters. The average Bonchev–Trinajstić information content (AvgIpc) is 2.82. The van der Waals surface area contributed by atoms with Gasteiger partial charge in [-0.3, -0.25) is 0 Å². The summed E-state index contributed by atoms with van der Waals surface area (Å²) >= 11 is 0. The van der Waals surface area contributed by atoms with E-state index in [1.807, 2.05) is 13.0 Å². The number of rotatable bonds is 1. The van der Waals surface area contributed by atoms with Crippen LogP contribution in [0, 0.1) is 11.7 Å². The molecule has 16 heavy (non-hydrogen) atoms. The minimum Gasteiger partial charge on any atom is -0.376 e. The van der Waals surface area contributed by atoms with Crippen LogP contribution < -0.4 is 5.48 Å². The molecule has 2 fully saturated rings. The third-order valence-electron chi connectivity index (χ3n) is 3.68. The van der Waals surface area contributed by atoms with E-state index in [0.717, 1.165) is 0 Å². The van der Waals surface area contributed by atoms with Crippen LogP contribution in [0.3, 0.4) is 0 Å². The Hall–Kier alpha value is -0.970. The van der Waals surface area contributed by atoms with Gasteiger partial charge >= 0.3 is 0 Å². The van der Waals surface area contributed by atoms with E-state index in [2.05, 4.69) is 5.48 Å². The summed E-state index contributed by atoms with van der Waals surface area (Å²) in [6.45, 7) is 3.13. The first kappa shape index (κ1) is 10.2. The maximum Gasteiger partial charge on any atom is 0.128 e. The number of hydrogen-bond donors (Lipinski definition) is 1. The molecule has 0 radical (unpaired) electrons. The zero-order valence-corrected chi connectivity index (χ0v) is 9.07. The molecule has 2 heterocycles. The smallest absolute Gasteiger partial charge is 0.128 e. The molecular weight excluding hydrogens is 209 g/mol. The normalized spacial score (nSPS) is 37.6. The van der Waals surface area contributed by atoms with Crippen molar-refractivity contribution in [1.82, 2.24) is 5.48 Å². The summed E-state index contributed by atoms with van der Waals surface area (Å²) in [5.74, 6) is -0.0257. The Labute approximate surface area is 93.5 Å². The van der Waals surface area contributed by atoms with Crippen LogP contribution in [-0.2, 0) is 15.1 Å². The van der Waals surface area contributed by atoms with Crippen LogP contribution in [0.1, 0.15) is 12.5 Å². The first-order chi connectivity index (χ1) is 7.75. The second-order valence-corrected chi connectivity index (χ2v) is 4.43. The summed E-state index contributed by atoms with van der Waals surface area (Å²) in [4.78, 5) is 5.30. The van der Waals surface area contributed by atoms with E-state index in [9.17, 15) is 4.39 Å². The molecule has 3 rings (SSSR count). The Kier molecular flexibility index (Phi) is 2.24. The third kappa shape index (κ3) is 1.18. The number of hydrogen-bond acceptors (Lipinski definition) is 3. The predicted molar refractivity (Wildman–Crippen MR) is 56.1 cm³/mol. The number of benzene rings is 1. The molecule has 0 amide bonds. The summed E-state index contributed by atoms with van der Waals surface area (Å²) in [6.07, 6.45) is -0.0862. The third-order valence-corrected chi connectivity index (χ3v) is 3.68. The Balaban J connectivity index is 2.13. The maximum absolute atomic E-state index is 13.9. The van der Waals surface area contributed by atoms with E-state index in [1.54, 1.807) is 12.1 Å². The Morgan fingerprint density at radius 2 is 2.19 bits per heavy atom. The van der Waals surface area contributed by atoms with Gasteiger partial charge in [0.25, 0.3) is 0 Å². The van der Waals surface area contributed by atoms with Gasteiger partial charge in [0, 0.05) is 11.5 Å². The van der Waals surface area contributed by atoms with Crippen LogP contribution >= 0.6 is 0 Å². The Morgan fingerprint density at radius 1 is 1.38 bits per heavy atom. The van der Waals surface area contributed by atoms with Crippen molar-refractivity contribution in [2.24, 2.45) is 5.92 Å². The molecule has 2 aliphatic heterocycles. The van der Waals surface area contributed by atoms with Gasteiger partial charge in [0.05, 0.1) is 19.3 Å². The Bertz CT molecular complexity index is 412. The van der Waals surface area contributed by atoms with Gasteiger partial charge in [-0.15, -0.1) is 0 Å². The van der Waals surface area contributed by atoms with E-state index in [0.29, 0.717) is 18.8 Å². The van der Waals surface area contributed by atoms with Crippen molar-refractivity contribution in [3.05, 3.63) is 35.6 Å². The first-order valence-electron chi connectivity index (χ1n) is 5.50. The van der Waals surface area contributed by atoms with Gasteiger partial charge in [-0.1, -0.05) is 18.2 Å². The van der Waals surface area contributed by atoms with Crippen molar-refractivity contribution in [1.29, 1.82) is 0 Å². The molecule has 0 aliphatic carbocycles. The van der Waals surface area contributed by atoms with Crippen LogP contribution in [0.2, 0.25) is 0 Å². The quantitative estimate of drug-likeness (QED) is 0.784. The highest BCUT2D eigenvalue weighted by atomic mass is 19.1. The molecule has 0 saturated carbocycles. The highest BCUT2D eigenvalue weighted by molar-refractivity contribution is 5.30. The number of ether oxygens (including phenoxy) is 1. The maximum atomic E-state index is 13.9. The predicted octanol–water partition coefficient (Wildman–Crippen LogP) is 1.59. The molecule has 2 aliphatic rings. The van der Waals surface area contributed by atoms with E-state index < -0.39 is 5.54 Å². The summed E-state index contributed by atoms with van der Waals surface area (Å²) in [5.41, 5.74) is 3.09. The minimum atomic E-state index is -0.522. The van der Waals surface area contributed by atoms with Crippen LogP contribution in [0.25, 0.3) is 0 Å². The topological polar surface area (TPSA) is 30.5 Å². The molecule has 1 unspecified atom stereocenters. The van der Waals surface area contributed by atoms with Crippen LogP contribution in [0.4, 0.5) is 4.39 Å². The zero-order valence-electron chi connectivity index (χ0n) is 9.07. The fourth-order valence-corrected chi connectivity index (χ4v) is 2.75. The number of halogens is 1. The summed E-state index contributed by atoms with van der Waals surface area (Å²) < 4.78 is 19.5. The number of hydroxylamine groups is 1. The lowest BCUT2D eigenvalue weighted by Crippen LogP contribution is -2.47. The molecule has 3 nitrogen and oxygen atoms in total. The highest BCUT2D eigenvalue weighted by Gasteiger charge is 2.55. The fourth-order valence-electron chi connectivity index (χ4n) is 2.75. The molecule has 0 spiro atoms. The number of nitrogens with one attached hydrogen (secondary N) is 1. The Morgan fingerprint density at radius 3 is 3.00 bits per heavy atom. The minimum absolute atomic E-state index is 0.0862. The first-order valence-corrected chi connectivity index (χ1v) is 5.50. The standard InChI is InChI=1S/C12H14FNO2/c1-8-12(9(6-15-8)7-16-14-12)10-4-2-3-5-11(10)13/h2-5,8-9,14H,6-7H2,1H3/t8-,9?,12-/m0/s1. The van der Waals surface area contributed by atoms with E-state index in [1.165, 1.54) is 6.07 Å². The lowest BCUT2D eigenvalue weighted by molar-refractivity contribution is -0.00956. The van der Waals surface area contributed by atoms with Crippen LogP contribution in [-0.4, -0.2) is 19.3 Å². The molecule has 1 N–H and O–H groups in total. The SMILES string of the molecule is C[C@@H]1OCC2CON[C@]21c1ccccc1F. The lowest BCUT2D eigenvalue weighted by atomic mass is 9.78. The summed E-state index contributed by atoms with van der Waals surface area (Å²) in [6, 6.07) is 6.82. The van der Waals surface area contributed by atoms with Crippen molar-refractivity contribution in [3.63, 3.8) is 0 Å². The van der Waals surface area contributed by atoms with Gasteiger partial charge < -0.3 is 9.57 Å². The largest absolute Gasteiger partial charge is 0.376 e. The second kappa shape index (κ2) is 3.52. The fraction of sp³-hybridized carbons (Fsp3) is 0.500. The molecule has 4 heteroatoms.